The molecule has 0 atom stereocenters. The Hall–Kier alpha value is -1.06. The van der Waals surface area contributed by atoms with Crippen molar-refractivity contribution in [3.05, 3.63) is 28.8 Å². The van der Waals surface area contributed by atoms with Gasteiger partial charge in [0.25, 0.3) is 0 Å². The Morgan fingerprint density at radius 2 is 1.85 bits per heavy atom. The molecule has 0 radical (unpaired) electrons. The van der Waals surface area contributed by atoms with Crippen LogP contribution < -0.4 is 4.74 Å². The van der Waals surface area contributed by atoms with E-state index in [1.165, 1.54) is 42.6 Å². The second kappa shape index (κ2) is 6.59. The Kier molecular flexibility index (Phi) is 5.06. The van der Waals surface area contributed by atoms with Crippen molar-refractivity contribution < 1.29 is 4.74 Å². The van der Waals surface area contributed by atoms with Crippen molar-refractivity contribution in [3.63, 3.8) is 0 Å². The fraction of sp³-hybridized carbons (Fsp3) is 0.647. The van der Waals surface area contributed by atoms with Crippen LogP contribution in [0, 0.1) is 13.8 Å². The van der Waals surface area contributed by atoms with Crippen LogP contribution >= 0.6 is 0 Å². The van der Waals surface area contributed by atoms with E-state index in [0.717, 1.165) is 12.3 Å². The number of rotatable bonds is 4. The lowest BCUT2D eigenvalue weighted by atomic mass is 9.99. The summed E-state index contributed by atoms with van der Waals surface area (Å²) in [6, 6.07) is 5.03. The molecule has 1 aromatic carbocycles. The summed E-state index contributed by atoms with van der Waals surface area (Å²) in [5, 5.41) is 0. The largest absolute Gasteiger partial charge is 0.496 e. The minimum Gasteiger partial charge on any atom is -0.496 e. The average Bonchev–Trinajstić information content (AvgIpc) is 2.45. The molecule has 0 amide bonds. The third-order valence-electron chi connectivity index (χ3n) is 4.80. The van der Waals surface area contributed by atoms with Gasteiger partial charge in [0.15, 0.2) is 0 Å². The van der Waals surface area contributed by atoms with E-state index < -0.39 is 0 Å². The van der Waals surface area contributed by atoms with Crippen LogP contribution in [0.5, 0.6) is 5.75 Å². The van der Waals surface area contributed by atoms with Gasteiger partial charge in [-0.3, -0.25) is 4.90 Å². The molecule has 2 rings (SSSR count). The van der Waals surface area contributed by atoms with Gasteiger partial charge < -0.3 is 9.64 Å². The molecule has 112 valence electrons. The quantitative estimate of drug-likeness (QED) is 0.841. The van der Waals surface area contributed by atoms with E-state index in [4.69, 9.17) is 4.74 Å². The van der Waals surface area contributed by atoms with Crippen LogP contribution in [0.25, 0.3) is 0 Å². The van der Waals surface area contributed by atoms with Crippen molar-refractivity contribution in [1.29, 1.82) is 0 Å². The van der Waals surface area contributed by atoms with Crippen molar-refractivity contribution in [3.8, 4) is 5.75 Å². The molecule has 3 nitrogen and oxygen atoms in total. The van der Waals surface area contributed by atoms with Crippen molar-refractivity contribution in [2.24, 2.45) is 0 Å². The number of methoxy groups -OCH3 is 1. The van der Waals surface area contributed by atoms with Crippen molar-refractivity contribution in [2.45, 2.75) is 39.3 Å². The van der Waals surface area contributed by atoms with E-state index in [2.05, 4.69) is 49.9 Å². The molecule has 1 aromatic rings. The van der Waals surface area contributed by atoms with Gasteiger partial charge in [-0.05, 0) is 76.6 Å². The lowest BCUT2D eigenvalue weighted by Gasteiger charge is -2.35. The molecule has 0 saturated carbocycles. The predicted molar refractivity (Wildman–Crippen MR) is 84.5 cm³/mol. The van der Waals surface area contributed by atoms with Gasteiger partial charge in [-0.15, -0.1) is 0 Å². The Morgan fingerprint density at radius 1 is 1.20 bits per heavy atom. The third-order valence-corrected chi connectivity index (χ3v) is 4.80. The summed E-state index contributed by atoms with van der Waals surface area (Å²) in [7, 11) is 6.22. The molecule has 1 aliphatic rings. The highest BCUT2D eigenvalue weighted by Gasteiger charge is 2.21. The molecule has 1 fully saturated rings. The molecular weight excluding hydrogens is 248 g/mol. The van der Waals surface area contributed by atoms with Gasteiger partial charge in [-0.1, -0.05) is 6.07 Å². The van der Waals surface area contributed by atoms with Gasteiger partial charge in [-0.25, -0.2) is 0 Å². The minimum absolute atomic E-state index is 0.716. The predicted octanol–water partition coefficient (Wildman–Crippen LogP) is 2.84. The van der Waals surface area contributed by atoms with E-state index in [-0.39, 0.29) is 0 Å². The maximum Gasteiger partial charge on any atom is 0.122 e. The number of benzene rings is 1. The fourth-order valence-electron chi connectivity index (χ4n) is 3.08. The lowest BCUT2D eigenvalue weighted by Crippen LogP contribution is -2.41. The number of piperidine rings is 1. The molecule has 1 saturated heterocycles. The van der Waals surface area contributed by atoms with Crippen LogP contribution in [0.2, 0.25) is 0 Å². The maximum absolute atomic E-state index is 5.39. The SMILES string of the molecule is COc1ccc(CN(C)C2CCN(C)CC2)c(C)c1C. The Labute approximate surface area is 123 Å². The molecule has 1 aliphatic heterocycles. The smallest absolute Gasteiger partial charge is 0.122 e. The highest BCUT2D eigenvalue weighted by Crippen LogP contribution is 2.25. The summed E-state index contributed by atoms with van der Waals surface area (Å²) < 4.78 is 5.39. The Morgan fingerprint density at radius 3 is 2.45 bits per heavy atom. The lowest BCUT2D eigenvalue weighted by molar-refractivity contribution is 0.139. The van der Waals surface area contributed by atoms with Crippen molar-refractivity contribution >= 4 is 0 Å². The fourth-order valence-corrected chi connectivity index (χ4v) is 3.08. The summed E-state index contributed by atoms with van der Waals surface area (Å²) in [6.07, 6.45) is 2.56. The number of likely N-dealkylation sites (tertiary alicyclic amines) is 1. The van der Waals surface area contributed by atoms with Gasteiger partial charge in [0.1, 0.15) is 5.75 Å². The first-order valence-electron chi connectivity index (χ1n) is 7.54. The van der Waals surface area contributed by atoms with Crippen LogP contribution in [-0.2, 0) is 6.54 Å². The molecule has 0 unspecified atom stereocenters. The summed E-state index contributed by atoms with van der Waals surface area (Å²) in [5.41, 5.74) is 4.05. The standard InChI is InChI=1S/C17H28N2O/c1-13-14(2)17(20-5)7-6-15(13)12-19(4)16-8-10-18(3)11-9-16/h6-7,16H,8-12H2,1-5H3. The molecule has 0 N–H and O–H groups in total. The Balaban J connectivity index is 2.04. The van der Waals surface area contributed by atoms with Crippen LogP contribution in [0.1, 0.15) is 29.5 Å². The van der Waals surface area contributed by atoms with E-state index >= 15 is 0 Å². The highest BCUT2D eigenvalue weighted by atomic mass is 16.5. The number of ether oxygens (including phenoxy) is 1. The second-order valence-corrected chi connectivity index (χ2v) is 6.13. The number of hydrogen-bond acceptors (Lipinski definition) is 3. The summed E-state index contributed by atoms with van der Waals surface area (Å²) in [4.78, 5) is 4.94. The zero-order valence-electron chi connectivity index (χ0n) is 13.6. The molecule has 0 aliphatic carbocycles. The molecule has 0 bridgehead atoms. The topological polar surface area (TPSA) is 15.7 Å². The summed E-state index contributed by atoms with van der Waals surface area (Å²) in [5.74, 6) is 0.994. The monoisotopic (exact) mass is 276 g/mol. The average molecular weight is 276 g/mol. The molecule has 0 spiro atoms. The zero-order chi connectivity index (χ0) is 14.7. The van der Waals surface area contributed by atoms with Gasteiger partial charge in [0, 0.05) is 12.6 Å². The number of nitrogens with zero attached hydrogens (tertiary/aromatic N) is 2. The molecule has 1 heterocycles. The summed E-state index contributed by atoms with van der Waals surface area (Å²) >= 11 is 0. The van der Waals surface area contributed by atoms with Crippen molar-refractivity contribution in [1.82, 2.24) is 9.80 Å². The molecular formula is C17H28N2O. The maximum atomic E-state index is 5.39. The first-order chi connectivity index (χ1) is 9.52. The van der Waals surface area contributed by atoms with E-state index in [1.54, 1.807) is 7.11 Å². The van der Waals surface area contributed by atoms with E-state index in [0.29, 0.717) is 6.04 Å². The third kappa shape index (κ3) is 3.33. The van der Waals surface area contributed by atoms with Crippen molar-refractivity contribution in [2.75, 3.05) is 34.3 Å². The van der Waals surface area contributed by atoms with Crippen LogP contribution in [-0.4, -0.2) is 50.1 Å². The Bertz CT molecular complexity index is 451. The molecule has 3 heteroatoms. The highest BCUT2D eigenvalue weighted by molar-refractivity contribution is 5.43. The summed E-state index contributed by atoms with van der Waals surface area (Å²) in [6.45, 7) is 7.82. The van der Waals surface area contributed by atoms with E-state index in [9.17, 15) is 0 Å². The van der Waals surface area contributed by atoms with Crippen LogP contribution in [0.4, 0.5) is 0 Å². The van der Waals surface area contributed by atoms with Crippen LogP contribution in [0.3, 0.4) is 0 Å². The first-order valence-corrected chi connectivity index (χ1v) is 7.54. The normalized spacial score (nSPS) is 17.7. The minimum atomic E-state index is 0.716. The van der Waals surface area contributed by atoms with Gasteiger partial charge in [-0.2, -0.15) is 0 Å². The zero-order valence-corrected chi connectivity index (χ0v) is 13.6. The van der Waals surface area contributed by atoms with Gasteiger partial charge in [0.2, 0.25) is 0 Å². The van der Waals surface area contributed by atoms with Crippen LogP contribution in [0.15, 0.2) is 12.1 Å². The van der Waals surface area contributed by atoms with Gasteiger partial charge in [0.05, 0.1) is 7.11 Å². The van der Waals surface area contributed by atoms with Gasteiger partial charge >= 0.3 is 0 Å². The van der Waals surface area contributed by atoms with E-state index in [1.807, 2.05) is 0 Å². The first kappa shape index (κ1) is 15.3. The number of hydrogen-bond donors (Lipinski definition) is 0. The second-order valence-electron chi connectivity index (χ2n) is 6.13. The molecule has 0 aromatic heterocycles. The molecule has 20 heavy (non-hydrogen) atoms.